The Labute approximate surface area is 142 Å². The highest BCUT2D eigenvalue weighted by atomic mass is 16.2. The first-order valence-electron chi connectivity index (χ1n) is 8.54. The lowest BCUT2D eigenvalue weighted by molar-refractivity contribution is -0.130. The first-order chi connectivity index (χ1) is 11.6. The summed E-state index contributed by atoms with van der Waals surface area (Å²) in [4.78, 5) is 14.5. The second-order valence-corrected chi connectivity index (χ2v) is 6.77. The van der Waals surface area contributed by atoms with Crippen LogP contribution in [0.15, 0.2) is 54.7 Å². The minimum Gasteiger partial charge on any atom is -0.326 e. The second kappa shape index (κ2) is 5.82. The summed E-state index contributed by atoms with van der Waals surface area (Å²) in [5, 5.41) is 1.29. The Hall–Kier alpha value is -2.55. The molecule has 0 N–H and O–H groups in total. The Morgan fingerprint density at radius 3 is 2.67 bits per heavy atom. The van der Waals surface area contributed by atoms with Crippen molar-refractivity contribution in [3.63, 3.8) is 0 Å². The summed E-state index contributed by atoms with van der Waals surface area (Å²) >= 11 is 0. The van der Waals surface area contributed by atoms with E-state index in [0.29, 0.717) is 13.0 Å². The highest BCUT2D eigenvalue weighted by molar-refractivity contribution is 5.85. The third-order valence-electron chi connectivity index (χ3n) is 5.00. The number of aromatic nitrogens is 1. The van der Waals surface area contributed by atoms with Crippen LogP contribution in [0.1, 0.15) is 35.7 Å². The van der Waals surface area contributed by atoms with E-state index in [1.165, 1.54) is 27.6 Å². The van der Waals surface area contributed by atoms with Gasteiger partial charge in [-0.25, -0.2) is 0 Å². The number of rotatable bonds is 3. The van der Waals surface area contributed by atoms with Crippen molar-refractivity contribution in [2.75, 3.05) is 0 Å². The number of benzene rings is 2. The Bertz CT molecular complexity index is 895. The summed E-state index contributed by atoms with van der Waals surface area (Å²) in [6, 6.07) is 16.8. The SMILES string of the molecule is Cc1ccc2c(c1)c(C)cn2[C@@H]1CCC(=O)N1Cc1ccccc1. The molecule has 3 nitrogen and oxygen atoms in total. The summed E-state index contributed by atoms with van der Waals surface area (Å²) in [7, 11) is 0. The first-order valence-corrected chi connectivity index (χ1v) is 8.54. The van der Waals surface area contributed by atoms with Crippen LogP contribution in [-0.2, 0) is 11.3 Å². The average molecular weight is 318 g/mol. The Morgan fingerprint density at radius 1 is 1.08 bits per heavy atom. The van der Waals surface area contributed by atoms with E-state index in [0.717, 1.165) is 6.42 Å². The van der Waals surface area contributed by atoms with Gasteiger partial charge in [0.05, 0.1) is 5.52 Å². The van der Waals surface area contributed by atoms with Gasteiger partial charge >= 0.3 is 0 Å². The quantitative estimate of drug-likeness (QED) is 0.694. The highest BCUT2D eigenvalue weighted by Crippen LogP contribution is 2.34. The van der Waals surface area contributed by atoms with Crippen LogP contribution in [0.3, 0.4) is 0 Å². The van der Waals surface area contributed by atoms with E-state index >= 15 is 0 Å². The number of hydrogen-bond acceptors (Lipinski definition) is 1. The molecule has 122 valence electrons. The first kappa shape index (κ1) is 15.0. The zero-order chi connectivity index (χ0) is 16.7. The number of amides is 1. The molecular weight excluding hydrogens is 296 g/mol. The molecule has 2 aromatic carbocycles. The maximum Gasteiger partial charge on any atom is 0.224 e. The van der Waals surface area contributed by atoms with Gasteiger partial charge in [0.1, 0.15) is 6.17 Å². The predicted octanol–water partition coefficient (Wildman–Crippen LogP) is 4.58. The monoisotopic (exact) mass is 318 g/mol. The zero-order valence-electron chi connectivity index (χ0n) is 14.2. The van der Waals surface area contributed by atoms with Gasteiger partial charge in [0.25, 0.3) is 0 Å². The molecule has 0 radical (unpaired) electrons. The van der Waals surface area contributed by atoms with Gasteiger partial charge in [-0.3, -0.25) is 4.79 Å². The number of aryl methyl sites for hydroxylation is 2. The molecule has 0 bridgehead atoms. The van der Waals surface area contributed by atoms with Crippen molar-refractivity contribution < 1.29 is 4.79 Å². The highest BCUT2D eigenvalue weighted by Gasteiger charge is 2.32. The van der Waals surface area contributed by atoms with E-state index in [1.54, 1.807) is 0 Å². The van der Waals surface area contributed by atoms with Crippen molar-refractivity contribution in [1.29, 1.82) is 0 Å². The summed E-state index contributed by atoms with van der Waals surface area (Å²) in [5.74, 6) is 0.246. The molecule has 1 atom stereocenters. The van der Waals surface area contributed by atoms with Gasteiger partial charge in [0.2, 0.25) is 5.91 Å². The summed E-state index contributed by atoms with van der Waals surface area (Å²) in [5.41, 5.74) is 4.94. The zero-order valence-corrected chi connectivity index (χ0v) is 14.2. The molecule has 0 aliphatic carbocycles. The molecule has 24 heavy (non-hydrogen) atoms. The van der Waals surface area contributed by atoms with Crippen LogP contribution in [0, 0.1) is 13.8 Å². The predicted molar refractivity (Wildman–Crippen MR) is 96.7 cm³/mol. The van der Waals surface area contributed by atoms with Gasteiger partial charge < -0.3 is 9.47 Å². The molecule has 0 spiro atoms. The Kier molecular flexibility index (Phi) is 3.64. The van der Waals surface area contributed by atoms with Crippen molar-refractivity contribution in [1.82, 2.24) is 9.47 Å². The number of carbonyl (C=O) groups is 1. The molecule has 1 aliphatic rings. The topological polar surface area (TPSA) is 25.2 Å². The minimum absolute atomic E-state index is 0.108. The molecule has 0 saturated carbocycles. The van der Waals surface area contributed by atoms with Crippen LogP contribution in [-0.4, -0.2) is 15.4 Å². The van der Waals surface area contributed by atoms with Crippen molar-refractivity contribution >= 4 is 16.8 Å². The van der Waals surface area contributed by atoms with Gasteiger partial charge in [-0.2, -0.15) is 0 Å². The molecule has 2 heterocycles. The third-order valence-corrected chi connectivity index (χ3v) is 5.00. The Morgan fingerprint density at radius 2 is 1.88 bits per heavy atom. The maximum absolute atomic E-state index is 12.5. The molecule has 3 heteroatoms. The van der Waals surface area contributed by atoms with E-state index in [-0.39, 0.29) is 12.1 Å². The van der Waals surface area contributed by atoms with E-state index in [2.05, 4.69) is 54.9 Å². The molecule has 1 aromatic heterocycles. The van der Waals surface area contributed by atoms with Crippen LogP contribution in [0.2, 0.25) is 0 Å². The molecule has 1 aliphatic heterocycles. The van der Waals surface area contributed by atoms with Crippen LogP contribution in [0.4, 0.5) is 0 Å². The molecule has 1 fully saturated rings. The summed E-state index contributed by atoms with van der Waals surface area (Å²) in [6.45, 7) is 4.95. The van der Waals surface area contributed by atoms with Crippen molar-refractivity contribution in [3.05, 3.63) is 71.4 Å². The minimum atomic E-state index is 0.108. The van der Waals surface area contributed by atoms with E-state index in [9.17, 15) is 4.79 Å². The Balaban J connectivity index is 1.73. The lowest BCUT2D eigenvalue weighted by Crippen LogP contribution is -2.30. The fourth-order valence-electron chi connectivity index (χ4n) is 3.77. The van der Waals surface area contributed by atoms with Gasteiger partial charge in [0, 0.05) is 24.5 Å². The van der Waals surface area contributed by atoms with Crippen molar-refractivity contribution in [3.8, 4) is 0 Å². The van der Waals surface area contributed by atoms with Gasteiger partial charge in [-0.05, 0) is 43.5 Å². The van der Waals surface area contributed by atoms with Crippen LogP contribution >= 0.6 is 0 Å². The second-order valence-electron chi connectivity index (χ2n) is 6.77. The van der Waals surface area contributed by atoms with Crippen LogP contribution < -0.4 is 0 Å². The standard InChI is InChI=1S/C21H22N2O/c1-15-8-9-19-18(12-15)16(2)13-22(19)20-10-11-21(24)23(20)14-17-6-4-3-5-7-17/h3-9,12-13,20H,10-11,14H2,1-2H3/t20-/m0/s1. The molecule has 1 saturated heterocycles. The van der Waals surface area contributed by atoms with Gasteiger partial charge in [-0.15, -0.1) is 0 Å². The van der Waals surface area contributed by atoms with Gasteiger partial charge in [0.15, 0.2) is 0 Å². The van der Waals surface area contributed by atoms with Gasteiger partial charge in [-0.1, -0.05) is 42.0 Å². The largest absolute Gasteiger partial charge is 0.326 e. The smallest absolute Gasteiger partial charge is 0.224 e. The van der Waals surface area contributed by atoms with E-state index in [1.807, 2.05) is 23.1 Å². The number of likely N-dealkylation sites (tertiary alicyclic amines) is 1. The third kappa shape index (κ3) is 2.50. The normalized spacial score (nSPS) is 17.8. The average Bonchev–Trinajstić information content (AvgIpc) is 3.09. The number of fused-ring (bicyclic) bond motifs is 1. The molecule has 3 aromatic rings. The fraction of sp³-hybridized carbons (Fsp3) is 0.286. The van der Waals surface area contributed by atoms with E-state index < -0.39 is 0 Å². The lowest BCUT2D eigenvalue weighted by Gasteiger charge is -2.27. The number of hydrogen-bond donors (Lipinski definition) is 0. The molecule has 0 unspecified atom stereocenters. The number of carbonyl (C=O) groups excluding carboxylic acids is 1. The van der Waals surface area contributed by atoms with Crippen molar-refractivity contribution in [2.24, 2.45) is 0 Å². The maximum atomic E-state index is 12.5. The van der Waals surface area contributed by atoms with E-state index in [4.69, 9.17) is 0 Å². The molecular formula is C21H22N2O. The fourth-order valence-corrected chi connectivity index (χ4v) is 3.77. The van der Waals surface area contributed by atoms with Crippen LogP contribution in [0.5, 0.6) is 0 Å². The molecule has 1 amide bonds. The number of nitrogens with zero attached hydrogens (tertiary/aromatic N) is 2. The van der Waals surface area contributed by atoms with Crippen molar-refractivity contribution in [2.45, 2.75) is 39.4 Å². The summed E-state index contributed by atoms with van der Waals surface area (Å²) < 4.78 is 2.29. The summed E-state index contributed by atoms with van der Waals surface area (Å²) in [6.07, 6.45) is 3.81. The lowest BCUT2D eigenvalue weighted by atomic mass is 10.1. The molecule has 4 rings (SSSR count). The van der Waals surface area contributed by atoms with Crippen LogP contribution in [0.25, 0.3) is 10.9 Å².